The molecule has 0 aromatic heterocycles. The van der Waals surface area contributed by atoms with E-state index in [-0.39, 0.29) is 12.0 Å². The molecule has 2 aromatic carbocycles. The first kappa shape index (κ1) is 14.9. The molecule has 0 saturated heterocycles. The third kappa shape index (κ3) is 3.56. The van der Waals surface area contributed by atoms with Crippen molar-refractivity contribution < 1.29 is 8.78 Å². The van der Waals surface area contributed by atoms with Gasteiger partial charge in [0.05, 0.1) is 5.38 Å². The minimum Gasteiger partial charge on any atom is -0.204 e. The number of rotatable bonds is 3. The van der Waals surface area contributed by atoms with Gasteiger partial charge in [0.1, 0.15) is 0 Å². The number of hydrogen-bond donors (Lipinski definition) is 0. The van der Waals surface area contributed by atoms with Crippen LogP contribution in [0.25, 0.3) is 0 Å². The van der Waals surface area contributed by atoms with Crippen molar-refractivity contribution >= 4 is 43.5 Å². The van der Waals surface area contributed by atoms with E-state index in [9.17, 15) is 8.78 Å². The van der Waals surface area contributed by atoms with Gasteiger partial charge in [-0.1, -0.05) is 44.0 Å². The Balaban J connectivity index is 2.28. The minimum atomic E-state index is -0.852. The lowest BCUT2D eigenvalue weighted by Gasteiger charge is -2.13. The van der Waals surface area contributed by atoms with E-state index in [1.807, 2.05) is 18.2 Å². The smallest absolute Gasteiger partial charge is 0.162 e. The zero-order chi connectivity index (χ0) is 14.0. The highest BCUT2D eigenvalue weighted by atomic mass is 79.9. The molecule has 0 spiro atoms. The maximum atomic E-state index is 13.6. The summed E-state index contributed by atoms with van der Waals surface area (Å²) >= 11 is 13.1. The number of halogens is 5. The van der Waals surface area contributed by atoms with Gasteiger partial charge in [0, 0.05) is 8.95 Å². The Hall–Kier alpha value is -0.450. The quantitative estimate of drug-likeness (QED) is 0.544. The van der Waals surface area contributed by atoms with Crippen LogP contribution in [0.5, 0.6) is 0 Å². The Morgan fingerprint density at radius 3 is 2.58 bits per heavy atom. The van der Waals surface area contributed by atoms with Crippen molar-refractivity contribution in [2.75, 3.05) is 0 Å². The molecule has 0 aliphatic heterocycles. The Kier molecular flexibility index (Phi) is 4.98. The minimum absolute atomic E-state index is 0.222. The topological polar surface area (TPSA) is 0 Å². The summed E-state index contributed by atoms with van der Waals surface area (Å²) in [4.78, 5) is 0. The van der Waals surface area contributed by atoms with Crippen LogP contribution in [0.1, 0.15) is 16.5 Å². The molecule has 2 aromatic rings. The van der Waals surface area contributed by atoms with Crippen LogP contribution in [0.4, 0.5) is 8.78 Å². The molecular formula is C14H9Br2ClF2. The lowest BCUT2D eigenvalue weighted by Crippen LogP contribution is -2.01. The summed E-state index contributed by atoms with van der Waals surface area (Å²) in [5.41, 5.74) is 1.10. The SMILES string of the molecule is Fc1cccc(CC(Cl)c2cc(Br)ccc2Br)c1F. The predicted molar refractivity (Wildman–Crippen MR) is 80.5 cm³/mol. The largest absolute Gasteiger partial charge is 0.204 e. The predicted octanol–water partition coefficient (Wildman–Crippen LogP) is 6.01. The van der Waals surface area contributed by atoms with E-state index in [2.05, 4.69) is 31.9 Å². The lowest BCUT2D eigenvalue weighted by molar-refractivity contribution is 0.498. The van der Waals surface area contributed by atoms with Gasteiger partial charge in [0.25, 0.3) is 0 Å². The van der Waals surface area contributed by atoms with Gasteiger partial charge in [-0.2, -0.15) is 0 Å². The fraction of sp³-hybridized carbons (Fsp3) is 0.143. The number of benzene rings is 2. The molecule has 0 amide bonds. The van der Waals surface area contributed by atoms with E-state index in [1.54, 1.807) is 6.07 Å². The van der Waals surface area contributed by atoms with Crippen molar-refractivity contribution in [3.63, 3.8) is 0 Å². The van der Waals surface area contributed by atoms with Gasteiger partial charge in [-0.05, 0) is 41.8 Å². The van der Waals surface area contributed by atoms with Gasteiger partial charge < -0.3 is 0 Å². The van der Waals surface area contributed by atoms with Gasteiger partial charge in [-0.3, -0.25) is 0 Å². The molecule has 0 aliphatic rings. The van der Waals surface area contributed by atoms with Crippen LogP contribution in [0, 0.1) is 11.6 Å². The van der Waals surface area contributed by atoms with Crippen LogP contribution in [0.3, 0.4) is 0 Å². The van der Waals surface area contributed by atoms with Crippen LogP contribution in [0.15, 0.2) is 45.3 Å². The second kappa shape index (κ2) is 6.33. The normalized spacial score (nSPS) is 12.5. The summed E-state index contributed by atoms with van der Waals surface area (Å²) in [5, 5.41) is -0.442. The molecule has 2 rings (SSSR count). The summed E-state index contributed by atoms with van der Waals surface area (Å²) in [7, 11) is 0. The van der Waals surface area contributed by atoms with Crippen molar-refractivity contribution in [1.82, 2.24) is 0 Å². The lowest BCUT2D eigenvalue weighted by atomic mass is 10.0. The van der Waals surface area contributed by atoms with Crippen molar-refractivity contribution in [3.05, 3.63) is 68.1 Å². The Morgan fingerprint density at radius 1 is 1.11 bits per heavy atom. The molecule has 19 heavy (non-hydrogen) atoms. The molecule has 0 nitrogen and oxygen atoms in total. The zero-order valence-electron chi connectivity index (χ0n) is 9.64. The molecule has 0 radical (unpaired) electrons. The first-order valence-electron chi connectivity index (χ1n) is 5.51. The summed E-state index contributed by atoms with van der Waals surface area (Å²) in [6.07, 6.45) is 0.222. The van der Waals surface area contributed by atoms with E-state index >= 15 is 0 Å². The average molecular weight is 410 g/mol. The molecule has 5 heteroatoms. The van der Waals surface area contributed by atoms with Crippen LogP contribution < -0.4 is 0 Å². The van der Waals surface area contributed by atoms with Gasteiger partial charge in [-0.25, -0.2) is 8.78 Å². The van der Waals surface area contributed by atoms with E-state index in [0.29, 0.717) is 0 Å². The van der Waals surface area contributed by atoms with E-state index in [4.69, 9.17) is 11.6 Å². The van der Waals surface area contributed by atoms with Crippen molar-refractivity contribution in [3.8, 4) is 0 Å². The van der Waals surface area contributed by atoms with Gasteiger partial charge in [-0.15, -0.1) is 11.6 Å². The molecule has 0 heterocycles. The summed E-state index contributed by atoms with van der Waals surface area (Å²) < 4.78 is 28.5. The highest BCUT2D eigenvalue weighted by Crippen LogP contribution is 2.33. The zero-order valence-corrected chi connectivity index (χ0v) is 13.6. The van der Waals surface area contributed by atoms with Crippen LogP contribution >= 0.6 is 43.5 Å². The van der Waals surface area contributed by atoms with Gasteiger partial charge in [0.15, 0.2) is 11.6 Å². The molecule has 1 atom stereocenters. The summed E-state index contributed by atoms with van der Waals surface area (Å²) in [5.74, 6) is -1.69. The number of alkyl halides is 1. The molecule has 0 N–H and O–H groups in total. The molecule has 100 valence electrons. The van der Waals surface area contributed by atoms with Crippen LogP contribution in [-0.4, -0.2) is 0 Å². The Labute approximate surface area is 132 Å². The van der Waals surface area contributed by atoms with E-state index in [0.717, 1.165) is 20.6 Å². The van der Waals surface area contributed by atoms with Crippen molar-refractivity contribution in [2.24, 2.45) is 0 Å². The molecular weight excluding hydrogens is 401 g/mol. The molecule has 0 aliphatic carbocycles. The highest BCUT2D eigenvalue weighted by molar-refractivity contribution is 9.11. The Morgan fingerprint density at radius 2 is 1.84 bits per heavy atom. The van der Waals surface area contributed by atoms with Crippen LogP contribution in [-0.2, 0) is 6.42 Å². The van der Waals surface area contributed by atoms with Gasteiger partial charge in [0.2, 0.25) is 0 Å². The second-order valence-corrected chi connectivity index (χ2v) is 6.35. The Bertz CT molecular complexity index is 602. The highest BCUT2D eigenvalue weighted by Gasteiger charge is 2.16. The first-order valence-corrected chi connectivity index (χ1v) is 7.53. The third-order valence-electron chi connectivity index (χ3n) is 2.73. The maximum absolute atomic E-state index is 13.6. The monoisotopic (exact) mass is 408 g/mol. The standard InChI is InChI=1S/C14H9Br2ClF2/c15-9-4-5-11(16)10(7-9)12(17)6-8-2-1-3-13(18)14(8)19/h1-5,7,12H,6H2. The first-order chi connectivity index (χ1) is 8.99. The fourth-order valence-corrected chi connectivity index (χ4v) is 3.14. The number of hydrogen-bond acceptors (Lipinski definition) is 0. The fourth-order valence-electron chi connectivity index (χ4n) is 1.76. The second-order valence-electron chi connectivity index (χ2n) is 4.05. The molecule has 1 unspecified atom stereocenters. The summed E-state index contributed by atoms with van der Waals surface area (Å²) in [6, 6.07) is 9.71. The molecule has 0 fully saturated rings. The average Bonchev–Trinajstić information content (AvgIpc) is 2.38. The van der Waals surface area contributed by atoms with E-state index < -0.39 is 17.0 Å². The van der Waals surface area contributed by atoms with Gasteiger partial charge >= 0.3 is 0 Å². The maximum Gasteiger partial charge on any atom is 0.162 e. The van der Waals surface area contributed by atoms with Crippen molar-refractivity contribution in [2.45, 2.75) is 11.8 Å². The van der Waals surface area contributed by atoms with Crippen LogP contribution in [0.2, 0.25) is 0 Å². The van der Waals surface area contributed by atoms with E-state index in [1.165, 1.54) is 6.07 Å². The third-order valence-corrected chi connectivity index (χ3v) is 4.33. The van der Waals surface area contributed by atoms with Crippen molar-refractivity contribution in [1.29, 1.82) is 0 Å². The summed E-state index contributed by atoms with van der Waals surface area (Å²) in [6.45, 7) is 0. The molecule has 0 bridgehead atoms. The molecule has 0 saturated carbocycles.